The van der Waals surface area contributed by atoms with Crippen molar-refractivity contribution >= 4 is 14.1 Å². The van der Waals surface area contributed by atoms with Crippen molar-refractivity contribution in [3.63, 3.8) is 0 Å². The molecule has 21 heavy (non-hydrogen) atoms. The fraction of sp³-hybridized carbons (Fsp3) is 0.294. The van der Waals surface area contributed by atoms with Crippen LogP contribution >= 0.6 is 8.46 Å². The molecule has 0 bridgehead atoms. The van der Waals surface area contributed by atoms with Crippen LogP contribution in [0, 0.1) is 0 Å². The van der Waals surface area contributed by atoms with Crippen molar-refractivity contribution in [2.24, 2.45) is 0 Å². The van der Waals surface area contributed by atoms with E-state index in [0.717, 1.165) is 29.9 Å². The second-order valence-electron chi connectivity index (χ2n) is 5.03. The van der Waals surface area contributed by atoms with E-state index in [1.807, 2.05) is 36.4 Å². The standard InChI is InChI=1S/C17H20NO2P/c1-3-17(4-2,21-19)13-5-9-15(10-6-13)20-16-11-7-14(18)8-12-16/h5-12H,3-4,18H2,1-2H3. The van der Waals surface area contributed by atoms with Gasteiger partial charge in [-0.05, 0) is 54.8 Å². The molecule has 2 N–H and O–H groups in total. The fourth-order valence-electron chi connectivity index (χ4n) is 2.35. The molecule has 0 aliphatic carbocycles. The first-order valence-electron chi connectivity index (χ1n) is 7.12. The molecule has 0 aromatic heterocycles. The number of ether oxygens (including phenoxy) is 1. The maximum Gasteiger partial charge on any atom is 0.166 e. The minimum atomic E-state index is -0.292. The smallest absolute Gasteiger partial charge is 0.166 e. The highest BCUT2D eigenvalue weighted by Crippen LogP contribution is 2.42. The Morgan fingerprint density at radius 1 is 0.952 bits per heavy atom. The molecular formula is C17H20NO2P. The first kappa shape index (κ1) is 15.5. The highest BCUT2D eigenvalue weighted by molar-refractivity contribution is 7.25. The Bertz CT molecular complexity index is 589. The predicted octanol–water partition coefficient (Wildman–Crippen LogP) is 5.37. The molecule has 0 heterocycles. The lowest BCUT2D eigenvalue weighted by Gasteiger charge is -2.24. The average Bonchev–Trinajstić information content (AvgIpc) is 2.53. The number of hydrogen-bond donors (Lipinski definition) is 1. The van der Waals surface area contributed by atoms with Crippen LogP contribution in [0.1, 0.15) is 32.3 Å². The van der Waals surface area contributed by atoms with E-state index in [1.165, 1.54) is 0 Å². The van der Waals surface area contributed by atoms with Crippen LogP contribution in [0.15, 0.2) is 48.5 Å². The van der Waals surface area contributed by atoms with Gasteiger partial charge in [0.2, 0.25) is 0 Å². The Labute approximate surface area is 127 Å². The number of rotatable bonds is 6. The summed E-state index contributed by atoms with van der Waals surface area (Å²) in [6.07, 6.45) is 1.68. The molecule has 0 atom stereocenters. The first-order valence-corrected chi connectivity index (χ1v) is 7.93. The van der Waals surface area contributed by atoms with Crippen molar-refractivity contribution in [1.29, 1.82) is 0 Å². The minimum absolute atomic E-state index is 0.169. The van der Waals surface area contributed by atoms with Gasteiger partial charge in [-0.2, -0.15) is 0 Å². The Kier molecular flexibility index (Phi) is 4.98. The lowest BCUT2D eigenvalue weighted by molar-refractivity contribution is 0.480. The molecule has 0 unspecified atom stereocenters. The molecule has 2 aromatic rings. The third-order valence-corrected chi connectivity index (χ3v) is 5.09. The molecular weight excluding hydrogens is 281 g/mol. The molecule has 0 aliphatic rings. The lowest BCUT2D eigenvalue weighted by Crippen LogP contribution is -2.16. The Balaban J connectivity index is 2.18. The summed E-state index contributed by atoms with van der Waals surface area (Å²) in [6.45, 7) is 4.13. The van der Waals surface area contributed by atoms with E-state index >= 15 is 0 Å². The SMILES string of the molecule is CCC(CC)(P=O)c1ccc(Oc2ccc(N)cc2)cc1. The van der Waals surface area contributed by atoms with Gasteiger partial charge < -0.3 is 10.5 Å². The van der Waals surface area contributed by atoms with E-state index in [4.69, 9.17) is 10.5 Å². The van der Waals surface area contributed by atoms with Crippen LogP contribution in [-0.2, 0) is 9.72 Å². The normalized spacial score (nSPS) is 11.5. The monoisotopic (exact) mass is 301 g/mol. The van der Waals surface area contributed by atoms with Gasteiger partial charge in [-0.15, -0.1) is 0 Å². The second kappa shape index (κ2) is 6.73. The van der Waals surface area contributed by atoms with Crippen LogP contribution in [0.5, 0.6) is 11.5 Å². The van der Waals surface area contributed by atoms with Gasteiger partial charge in [-0.3, -0.25) is 4.57 Å². The quantitative estimate of drug-likeness (QED) is 0.576. The van der Waals surface area contributed by atoms with Gasteiger partial charge in [-0.25, -0.2) is 0 Å². The topological polar surface area (TPSA) is 52.3 Å². The van der Waals surface area contributed by atoms with Gasteiger partial charge >= 0.3 is 0 Å². The van der Waals surface area contributed by atoms with Crippen molar-refractivity contribution in [1.82, 2.24) is 0 Å². The van der Waals surface area contributed by atoms with Crippen molar-refractivity contribution in [2.75, 3.05) is 5.73 Å². The molecule has 0 radical (unpaired) electrons. The van der Waals surface area contributed by atoms with Crippen LogP contribution in [0.3, 0.4) is 0 Å². The molecule has 0 fully saturated rings. The van der Waals surface area contributed by atoms with Crippen LogP contribution < -0.4 is 10.5 Å². The van der Waals surface area contributed by atoms with Gasteiger partial charge in [0.25, 0.3) is 0 Å². The van der Waals surface area contributed by atoms with Crippen molar-refractivity contribution in [2.45, 2.75) is 31.8 Å². The molecule has 0 spiro atoms. The fourth-order valence-corrected chi connectivity index (χ4v) is 2.86. The van der Waals surface area contributed by atoms with E-state index in [2.05, 4.69) is 13.8 Å². The molecule has 110 valence electrons. The first-order chi connectivity index (χ1) is 10.1. The predicted molar refractivity (Wildman–Crippen MR) is 87.2 cm³/mol. The Morgan fingerprint density at radius 3 is 1.86 bits per heavy atom. The molecule has 0 aliphatic heterocycles. The maximum absolute atomic E-state index is 11.6. The summed E-state index contributed by atoms with van der Waals surface area (Å²) in [6, 6.07) is 15.1. The zero-order valence-electron chi connectivity index (χ0n) is 12.4. The zero-order chi connectivity index (χ0) is 15.3. The van der Waals surface area contributed by atoms with E-state index in [1.54, 1.807) is 12.1 Å². The minimum Gasteiger partial charge on any atom is -0.457 e. The summed E-state index contributed by atoms with van der Waals surface area (Å²) in [4.78, 5) is 0. The van der Waals surface area contributed by atoms with Crippen LogP contribution in [0.2, 0.25) is 0 Å². The molecule has 0 saturated heterocycles. The van der Waals surface area contributed by atoms with Crippen LogP contribution in [-0.4, -0.2) is 0 Å². The summed E-state index contributed by atoms with van der Waals surface area (Å²) in [7, 11) is 0.169. The summed E-state index contributed by atoms with van der Waals surface area (Å²) < 4.78 is 17.3. The molecule has 0 amide bonds. The van der Waals surface area contributed by atoms with Crippen LogP contribution in [0.4, 0.5) is 5.69 Å². The third-order valence-electron chi connectivity index (χ3n) is 3.85. The van der Waals surface area contributed by atoms with E-state index in [-0.39, 0.29) is 13.6 Å². The number of nitrogen functional groups attached to an aromatic ring is 1. The summed E-state index contributed by atoms with van der Waals surface area (Å²) >= 11 is 0. The molecule has 2 aromatic carbocycles. The van der Waals surface area contributed by atoms with Crippen LogP contribution in [0.25, 0.3) is 0 Å². The highest BCUT2D eigenvalue weighted by atomic mass is 31.1. The van der Waals surface area contributed by atoms with Gasteiger partial charge in [0.05, 0.1) is 5.16 Å². The number of benzene rings is 2. The van der Waals surface area contributed by atoms with E-state index in [9.17, 15) is 4.57 Å². The van der Waals surface area contributed by atoms with Crippen molar-refractivity contribution in [3.05, 3.63) is 54.1 Å². The molecule has 0 saturated carbocycles. The van der Waals surface area contributed by atoms with Gasteiger partial charge in [-0.1, -0.05) is 26.0 Å². The van der Waals surface area contributed by atoms with Crippen molar-refractivity contribution < 1.29 is 9.30 Å². The average molecular weight is 301 g/mol. The Morgan fingerprint density at radius 2 is 1.43 bits per heavy atom. The van der Waals surface area contributed by atoms with E-state index in [0.29, 0.717) is 5.69 Å². The maximum atomic E-state index is 11.6. The van der Waals surface area contributed by atoms with Gasteiger partial charge in [0.1, 0.15) is 11.5 Å². The van der Waals surface area contributed by atoms with Crippen molar-refractivity contribution in [3.8, 4) is 11.5 Å². The van der Waals surface area contributed by atoms with E-state index < -0.39 is 0 Å². The summed E-state index contributed by atoms with van der Waals surface area (Å²) in [5.74, 6) is 1.50. The largest absolute Gasteiger partial charge is 0.457 e. The molecule has 2 rings (SSSR count). The second-order valence-corrected chi connectivity index (χ2v) is 6.06. The number of anilines is 1. The number of hydrogen-bond acceptors (Lipinski definition) is 3. The lowest BCUT2D eigenvalue weighted by atomic mass is 9.93. The molecule has 4 heteroatoms. The Hall–Kier alpha value is -1.86. The number of nitrogens with two attached hydrogens (primary N) is 1. The third kappa shape index (κ3) is 3.43. The summed E-state index contributed by atoms with van der Waals surface area (Å²) in [5.41, 5.74) is 7.44. The highest BCUT2D eigenvalue weighted by Gasteiger charge is 2.29. The summed E-state index contributed by atoms with van der Waals surface area (Å²) in [5, 5.41) is -0.292. The van der Waals surface area contributed by atoms with Gasteiger partial charge in [0.15, 0.2) is 8.46 Å². The zero-order valence-corrected chi connectivity index (χ0v) is 13.3. The van der Waals surface area contributed by atoms with Gasteiger partial charge in [0, 0.05) is 5.69 Å². The molecule has 3 nitrogen and oxygen atoms in total.